The van der Waals surface area contributed by atoms with E-state index in [0.717, 1.165) is 11.3 Å². The Hall–Kier alpha value is -1.52. The minimum absolute atomic E-state index is 0.143. The Bertz CT molecular complexity index is 581. The van der Waals surface area contributed by atoms with Crippen molar-refractivity contribution in [3.63, 3.8) is 0 Å². The number of aliphatic hydroxyl groups excluding tert-OH is 1. The molecule has 0 spiro atoms. The highest BCUT2D eigenvalue weighted by molar-refractivity contribution is 6.31. The third-order valence-electron chi connectivity index (χ3n) is 3.20. The molecular weight excluding hydrogens is 276 g/mol. The van der Waals surface area contributed by atoms with Gasteiger partial charge >= 0.3 is 0 Å². The molecule has 0 amide bonds. The zero-order valence-corrected chi connectivity index (χ0v) is 12.6. The van der Waals surface area contributed by atoms with Crippen molar-refractivity contribution in [1.29, 1.82) is 0 Å². The van der Waals surface area contributed by atoms with Crippen molar-refractivity contribution < 1.29 is 9.84 Å². The molecular formula is C15H19ClN2O2. The lowest BCUT2D eigenvalue weighted by Gasteiger charge is -2.17. The summed E-state index contributed by atoms with van der Waals surface area (Å²) < 4.78 is 7.06. The first-order valence-electron chi connectivity index (χ1n) is 6.57. The molecule has 4 nitrogen and oxygen atoms in total. The summed E-state index contributed by atoms with van der Waals surface area (Å²) in [5, 5.41) is 15.2. The second-order valence-electron chi connectivity index (χ2n) is 4.95. The van der Waals surface area contributed by atoms with Crippen LogP contribution in [0.2, 0.25) is 5.02 Å². The van der Waals surface area contributed by atoms with E-state index in [4.69, 9.17) is 16.3 Å². The highest BCUT2D eigenvalue weighted by Crippen LogP contribution is 2.30. The minimum atomic E-state index is -0.719. The number of methoxy groups -OCH3 is 1. The molecule has 1 N–H and O–H groups in total. The molecule has 2 aromatic rings. The van der Waals surface area contributed by atoms with Crippen molar-refractivity contribution in [2.75, 3.05) is 7.11 Å². The van der Waals surface area contributed by atoms with Crippen molar-refractivity contribution >= 4 is 11.6 Å². The standard InChI is InChI=1S/C15H19ClN2O2/c1-10(2)18-15(12(16)9-17-18)13(19)8-11-6-4-5-7-14(11)20-3/h4-7,9-10,13,19H,8H2,1-3H3. The summed E-state index contributed by atoms with van der Waals surface area (Å²) in [6, 6.07) is 7.78. The van der Waals surface area contributed by atoms with Crippen LogP contribution in [0.4, 0.5) is 0 Å². The smallest absolute Gasteiger partial charge is 0.122 e. The lowest BCUT2D eigenvalue weighted by Crippen LogP contribution is -2.13. The van der Waals surface area contributed by atoms with Gasteiger partial charge in [-0.15, -0.1) is 0 Å². The second-order valence-corrected chi connectivity index (χ2v) is 5.36. The van der Waals surface area contributed by atoms with Crippen molar-refractivity contribution in [1.82, 2.24) is 9.78 Å². The maximum absolute atomic E-state index is 10.5. The number of para-hydroxylation sites is 1. The number of benzene rings is 1. The summed E-state index contributed by atoms with van der Waals surface area (Å²) in [4.78, 5) is 0. The Kier molecular flexibility index (Phi) is 4.68. The van der Waals surface area contributed by atoms with Gasteiger partial charge in [0.15, 0.2) is 0 Å². The predicted octanol–water partition coefficient (Wildman–Crippen LogP) is 3.40. The normalized spacial score (nSPS) is 12.7. The SMILES string of the molecule is COc1ccccc1CC(O)c1c(Cl)cnn1C(C)C. The quantitative estimate of drug-likeness (QED) is 0.919. The Morgan fingerprint density at radius 2 is 2.05 bits per heavy atom. The van der Waals surface area contributed by atoms with Crippen LogP contribution in [0.25, 0.3) is 0 Å². The van der Waals surface area contributed by atoms with E-state index >= 15 is 0 Å². The topological polar surface area (TPSA) is 47.3 Å². The van der Waals surface area contributed by atoms with E-state index in [1.54, 1.807) is 18.0 Å². The fourth-order valence-electron chi connectivity index (χ4n) is 2.25. The van der Waals surface area contributed by atoms with E-state index in [0.29, 0.717) is 17.1 Å². The molecule has 5 heteroatoms. The number of hydrogen-bond donors (Lipinski definition) is 1. The molecule has 108 valence electrons. The van der Waals surface area contributed by atoms with Crippen LogP contribution in [0.1, 0.15) is 37.3 Å². The van der Waals surface area contributed by atoms with Crippen LogP contribution in [-0.4, -0.2) is 22.0 Å². The zero-order valence-electron chi connectivity index (χ0n) is 11.9. The minimum Gasteiger partial charge on any atom is -0.496 e. The van der Waals surface area contributed by atoms with Crippen LogP contribution in [0.15, 0.2) is 30.5 Å². The molecule has 2 rings (SSSR count). The van der Waals surface area contributed by atoms with E-state index in [-0.39, 0.29) is 6.04 Å². The summed E-state index contributed by atoms with van der Waals surface area (Å²) >= 11 is 6.15. The van der Waals surface area contributed by atoms with Gasteiger partial charge in [-0.05, 0) is 25.5 Å². The molecule has 1 aromatic heterocycles. The molecule has 0 radical (unpaired) electrons. The predicted molar refractivity (Wildman–Crippen MR) is 79.3 cm³/mol. The first-order chi connectivity index (χ1) is 9.54. The maximum Gasteiger partial charge on any atom is 0.122 e. The zero-order chi connectivity index (χ0) is 14.7. The molecule has 0 aliphatic rings. The molecule has 0 fully saturated rings. The van der Waals surface area contributed by atoms with Gasteiger partial charge in [0.2, 0.25) is 0 Å². The molecule has 0 aliphatic heterocycles. The second kappa shape index (κ2) is 6.29. The molecule has 1 atom stereocenters. The van der Waals surface area contributed by atoms with Gasteiger partial charge in [0.25, 0.3) is 0 Å². The number of aromatic nitrogens is 2. The first-order valence-corrected chi connectivity index (χ1v) is 6.95. The van der Waals surface area contributed by atoms with Gasteiger partial charge in [-0.2, -0.15) is 5.10 Å². The average Bonchev–Trinajstić information content (AvgIpc) is 2.81. The van der Waals surface area contributed by atoms with Crippen LogP contribution in [0, 0.1) is 0 Å². The molecule has 0 bridgehead atoms. The molecule has 0 aliphatic carbocycles. The number of ether oxygens (including phenoxy) is 1. The number of aliphatic hydroxyl groups is 1. The Morgan fingerprint density at radius 3 is 2.70 bits per heavy atom. The van der Waals surface area contributed by atoms with Crippen molar-refractivity contribution in [2.24, 2.45) is 0 Å². The summed E-state index contributed by atoms with van der Waals surface area (Å²) in [5.74, 6) is 0.762. The molecule has 1 unspecified atom stereocenters. The van der Waals surface area contributed by atoms with Gasteiger partial charge in [0.05, 0.1) is 24.0 Å². The molecule has 0 saturated carbocycles. The number of nitrogens with zero attached hydrogens (tertiary/aromatic N) is 2. The van der Waals surface area contributed by atoms with Crippen LogP contribution in [-0.2, 0) is 6.42 Å². The van der Waals surface area contributed by atoms with E-state index in [1.165, 1.54) is 0 Å². The van der Waals surface area contributed by atoms with Crippen molar-refractivity contribution in [2.45, 2.75) is 32.4 Å². The molecule has 0 saturated heterocycles. The fourth-order valence-corrected chi connectivity index (χ4v) is 2.51. The Labute approximate surface area is 123 Å². The summed E-state index contributed by atoms with van der Waals surface area (Å²) in [6.07, 6.45) is 1.29. The number of hydrogen-bond acceptors (Lipinski definition) is 3. The van der Waals surface area contributed by atoms with Crippen LogP contribution < -0.4 is 4.74 Å². The lowest BCUT2D eigenvalue weighted by atomic mass is 10.0. The average molecular weight is 295 g/mol. The maximum atomic E-state index is 10.5. The highest BCUT2D eigenvalue weighted by atomic mass is 35.5. The Balaban J connectivity index is 2.28. The lowest BCUT2D eigenvalue weighted by molar-refractivity contribution is 0.163. The Morgan fingerprint density at radius 1 is 1.35 bits per heavy atom. The summed E-state index contributed by atoms with van der Waals surface area (Å²) in [6.45, 7) is 4.01. The van der Waals surface area contributed by atoms with Crippen LogP contribution in [0.5, 0.6) is 5.75 Å². The van der Waals surface area contributed by atoms with Gasteiger partial charge in [0.1, 0.15) is 11.9 Å². The monoisotopic (exact) mass is 294 g/mol. The van der Waals surface area contributed by atoms with E-state index in [1.807, 2.05) is 38.1 Å². The van der Waals surface area contributed by atoms with Gasteiger partial charge < -0.3 is 9.84 Å². The third kappa shape index (κ3) is 2.97. The molecule has 1 aromatic carbocycles. The molecule has 1 heterocycles. The summed E-state index contributed by atoms with van der Waals surface area (Å²) in [7, 11) is 1.62. The van der Waals surface area contributed by atoms with Gasteiger partial charge in [-0.1, -0.05) is 29.8 Å². The van der Waals surface area contributed by atoms with Gasteiger partial charge in [-0.3, -0.25) is 4.68 Å². The highest BCUT2D eigenvalue weighted by Gasteiger charge is 2.21. The van der Waals surface area contributed by atoms with Crippen molar-refractivity contribution in [3.8, 4) is 5.75 Å². The largest absolute Gasteiger partial charge is 0.496 e. The van der Waals surface area contributed by atoms with Gasteiger partial charge in [-0.25, -0.2) is 0 Å². The fraction of sp³-hybridized carbons (Fsp3) is 0.400. The first kappa shape index (κ1) is 14.9. The van der Waals surface area contributed by atoms with Crippen LogP contribution in [0.3, 0.4) is 0 Å². The van der Waals surface area contributed by atoms with E-state index in [2.05, 4.69) is 5.10 Å². The van der Waals surface area contributed by atoms with E-state index < -0.39 is 6.10 Å². The van der Waals surface area contributed by atoms with Gasteiger partial charge in [0, 0.05) is 12.5 Å². The molecule has 20 heavy (non-hydrogen) atoms. The summed E-state index contributed by atoms with van der Waals surface area (Å²) in [5.41, 5.74) is 1.59. The number of halogens is 1. The third-order valence-corrected chi connectivity index (χ3v) is 3.49. The van der Waals surface area contributed by atoms with Crippen LogP contribution >= 0.6 is 11.6 Å². The number of rotatable bonds is 5. The van der Waals surface area contributed by atoms with E-state index in [9.17, 15) is 5.11 Å². The van der Waals surface area contributed by atoms with Crippen molar-refractivity contribution in [3.05, 3.63) is 46.7 Å².